The average molecular weight is 242 g/mol. The van der Waals surface area contributed by atoms with Gasteiger partial charge in [-0.05, 0) is 19.1 Å². The number of nitrogens with one attached hydrogen (secondary N) is 2. The summed E-state index contributed by atoms with van der Waals surface area (Å²) in [6.07, 6.45) is 1.32. The predicted molar refractivity (Wildman–Crippen MR) is 64.1 cm³/mol. The van der Waals surface area contributed by atoms with Crippen LogP contribution in [0.15, 0.2) is 24.4 Å². The fraction of sp³-hybridized carbons (Fsp3) is 0.0833. The van der Waals surface area contributed by atoms with Gasteiger partial charge in [-0.1, -0.05) is 6.07 Å². The number of benzene rings is 1. The van der Waals surface area contributed by atoms with Crippen LogP contribution in [0.25, 0.3) is 0 Å². The van der Waals surface area contributed by atoms with Crippen molar-refractivity contribution >= 4 is 11.7 Å². The standard InChI is InChI=1S/C12H10N4O2/c1-7-9(3-2-4-10(7)17)12(18)15-11-8(5-13)6-14-16-11/h2-4,6,17H,1H3,(H2,14,15,16,18). The summed E-state index contributed by atoms with van der Waals surface area (Å²) in [7, 11) is 0. The van der Waals surface area contributed by atoms with Crippen LogP contribution in [-0.2, 0) is 0 Å². The van der Waals surface area contributed by atoms with Crippen LogP contribution in [0.4, 0.5) is 5.82 Å². The minimum absolute atomic E-state index is 0.0489. The zero-order valence-electron chi connectivity index (χ0n) is 9.56. The molecule has 0 saturated carbocycles. The molecular formula is C12H10N4O2. The minimum Gasteiger partial charge on any atom is -0.508 e. The molecule has 6 nitrogen and oxygen atoms in total. The van der Waals surface area contributed by atoms with Gasteiger partial charge in [0, 0.05) is 11.1 Å². The maximum absolute atomic E-state index is 12.0. The zero-order chi connectivity index (χ0) is 13.1. The minimum atomic E-state index is -0.413. The van der Waals surface area contributed by atoms with Crippen LogP contribution in [0, 0.1) is 18.3 Å². The molecule has 3 N–H and O–H groups in total. The maximum Gasteiger partial charge on any atom is 0.257 e. The van der Waals surface area contributed by atoms with Gasteiger partial charge in [0.05, 0.1) is 6.20 Å². The SMILES string of the molecule is Cc1c(O)cccc1C(=O)Nc1[nH]ncc1C#N. The number of H-pyrrole nitrogens is 1. The molecule has 1 amide bonds. The van der Waals surface area contributed by atoms with Crippen molar-refractivity contribution in [1.29, 1.82) is 5.26 Å². The lowest BCUT2D eigenvalue weighted by Gasteiger charge is -2.07. The molecule has 0 unspecified atom stereocenters. The third kappa shape index (κ3) is 2.01. The average Bonchev–Trinajstić information content (AvgIpc) is 2.79. The first-order chi connectivity index (χ1) is 8.63. The molecule has 6 heteroatoms. The van der Waals surface area contributed by atoms with E-state index < -0.39 is 5.91 Å². The van der Waals surface area contributed by atoms with Gasteiger partial charge in [0.2, 0.25) is 0 Å². The van der Waals surface area contributed by atoms with E-state index in [-0.39, 0.29) is 17.1 Å². The number of amides is 1. The number of nitrogens with zero attached hydrogens (tertiary/aromatic N) is 2. The molecule has 0 aliphatic heterocycles. The van der Waals surface area contributed by atoms with E-state index in [1.54, 1.807) is 19.1 Å². The number of phenols is 1. The number of phenolic OH excluding ortho intramolecular Hbond substituents is 1. The Morgan fingerprint density at radius 2 is 2.33 bits per heavy atom. The number of aromatic amines is 1. The Morgan fingerprint density at radius 3 is 3.06 bits per heavy atom. The molecular weight excluding hydrogens is 232 g/mol. The number of carbonyl (C=O) groups excluding carboxylic acids is 1. The highest BCUT2D eigenvalue weighted by atomic mass is 16.3. The molecule has 1 heterocycles. The smallest absolute Gasteiger partial charge is 0.257 e. The van der Waals surface area contributed by atoms with Crippen LogP contribution in [0.5, 0.6) is 5.75 Å². The Bertz CT molecular complexity index is 640. The summed E-state index contributed by atoms with van der Waals surface area (Å²) >= 11 is 0. The van der Waals surface area contributed by atoms with Gasteiger partial charge in [0.25, 0.3) is 5.91 Å². The Morgan fingerprint density at radius 1 is 1.56 bits per heavy atom. The van der Waals surface area contributed by atoms with Crippen LogP contribution in [0.1, 0.15) is 21.5 Å². The summed E-state index contributed by atoms with van der Waals surface area (Å²) in [6.45, 7) is 1.64. The predicted octanol–water partition coefficient (Wildman–Crippen LogP) is 1.55. The number of aromatic nitrogens is 2. The van der Waals surface area contributed by atoms with Crippen molar-refractivity contribution in [2.24, 2.45) is 0 Å². The van der Waals surface area contributed by atoms with Gasteiger partial charge in [-0.2, -0.15) is 10.4 Å². The van der Waals surface area contributed by atoms with Crippen molar-refractivity contribution in [2.45, 2.75) is 6.92 Å². The van der Waals surface area contributed by atoms with Crippen LogP contribution in [0.3, 0.4) is 0 Å². The van der Waals surface area contributed by atoms with E-state index in [0.717, 1.165) is 0 Å². The molecule has 0 atom stereocenters. The third-order valence-corrected chi connectivity index (χ3v) is 2.55. The van der Waals surface area contributed by atoms with Gasteiger partial charge in [0.15, 0.2) is 0 Å². The third-order valence-electron chi connectivity index (χ3n) is 2.55. The van der Waals surface area contributed by atoms with Gasteiger partial charge >= 0.3 is 0 Å². The van der Waals surface area contributed by atoms with Crippen molar-refractivity contribution in [2.75, 3.05) is 5.32 Å². The number of carbonyl (C=O) groups is 1. The largest absolute Gasteiger partial charge is 0.508 e. The molecule has 90 valence electrons. The highest BCUT2D eigenvalue weighted by Crippen LogP contribution is 2.20. The van der Waals surface area contributed by atoms with E-state index in [1.165, 1.54) is 12.3 Å². The van der Waals surface area contributed by atoms with Crippen molar-refractivity contribution in [3.8, 4) is 11.8 Å². The van der Waals surface area contributed by atoms with Crippen molar-refractivity contribution in [3.05, 3.63) is 41.1 Å². The first-order valence-electron chi connectivity index (χ1n) is 5.17. The number of anilines is 1. The van der Waals surface area contributed by atoms with Gasteiger partial charge in [0.1, 0.15) is 23.2 Å². The Balaban J connectivity index is 2.29. The monoisotopic (exact) mass is 242 g/mol. The number of aromatic hydroxyl groups is 1. The maximum atomic E-state index is 12.0. The molecule has 0 spiro atoms. The van der Waals surface area contributed by atoms with E-state index in [1.807, 2.05) is 6.07 Å². The quantitative estimate of drug-likeness (QED) is 0.743. The fourth-order valence-electron chi connectivity index (χ4n) is 1.52. The van der Waals surface area contributed by atoms with Crippen LogP contribution in [0.2, 0.25) is 0 Å². The number of hydrogen-bond acceptors (Lipinski definition) is 4. The lowest BCUT2D eigenvalue weighted by molar-refractivity contribution is 0.102. The van der Waals surface area contributed by atoms with Crippen molar-refractivity contribution in [3.63, 3.8) is 0 Å². The lowest BCUT2D eigenvalue weighted by atomic mass is 10.1. The fourth-order valence-corrected chi connectivity index (χ4v) is 1.52. The molecule has 0 aliphatic rings. The van der Waals surface area contributed by atoms with Gasteiger partial charge < -0.3 is 10.4 Å². The Kier molecular flexibility index (Phi) is 2.98. The van der Waals surface area contributed by atoms with E-state index in [4.69, 9.17) is 5.26 Å². The first-order valence-corrected chi connectivity index (χ1v) is 5.17. The summed E-state index contributed by atoms with van der Waals surface area (Å²) in [6, 6.07) is 6.57. The van der Waals surface area contributed by atoms with Crippen LogP contribution < -0.4 is 5.32 Å². The summed E-state index contributed by atoms with van der Waals surface area (Å²) < 4.78 is 0. The van der Waals surface area contributed by atoms with Crippen molar-refractivity contribution < 1.29 is 9.90 Å². The molecule has 0 radical (unpaired) electrons. The van der Waals surface area contributed by atoms with Gasteiger partial charge in [-0.3, -0.25) is 9.89 Å². The molecule has 0 fully saturated rings. The second kappa shape index (κ2) is 4.59. The Labute approximate surface area is 103 Å². The molecule has 1 aromatic heterocycles. The van der Waals surface area contributed by atoms with E-state index in [9.17, 15) is 9.90 Å². The first kappa shape index (κ1) is 11.7. The van der Waals surface area contributed by atoms with Crippen LogP contribution >= 0.6 is 0 Å². The molecule has 2 aromatic rings. The molecule has 18 heavy (non-hydrogen) atoms. The lowest BCUT2D eigenvalue weighted by Crippen LogP contribution is -2.14. The summed E-state index contributed by atoms with van der Waals surface area (Å²) in [5.74, 6) is -0.123. The van der Waals surface area contributed by atoms with E-state index in [0.29, 0.717) is 11.1 Å². The van der Waals surface area contributed by atoms with Gasteiger partial charge in [-0.25, -0.2) is 0 Å². The summed E-state index contributed by atoms with van der Waals surface area (Å²) in [4.78, 5) is 12.0. The number of nitriles is 1. The second-order valence-corrected chi connectivity index (χ2v) is 3.67. The van der Waals surface area contributed by atoms with E-state index in [2.05, 4.69) is 15.5 Å². The normalized spacial score (nSPS) is 9.78. The van der Waals surface area contributed by atoms with Crippen molar-refractivity contribution in [1.82, 2.24) is 10.2 Å². The molecule has 0 saturated heterocycles. The number of rotatable bonds is 2. The highest BCUT2D eigenvalue weighted by molar-refractivity contribution is 6.05. The highest BCUT2D eigenvalue weighted by Gasteiger charge is 2.14. The Hall–Kier alpha value is -2.81. The van der Waals surface area contributed by atoms with Gasteiger partial charge in [-0.15, -0.1) is 0 Å². The molecule has 0 bridgehead atoms. The molecule has 1 aromatic carbocycles. The van der Waals surface area contributed by atoms with Crippen LogP contribution in [-0.4, -0.2) is 21.2 Å². The second-order valence-electron chi connectivity index (χ2n) is 3.67. The summed E-state index contributed by atoms with van der Waals surface area (Å²) in [5, 5.41) is 27.0. The molecule has 0 aliphatic carbocycles. The molecule has 2 rings (SSSR count). The zero-order valence-corrected chi connectivity index (χ0v) is 9.56. The van der Waals surface area contributed by atoms with E-state index >= 15 is 0 Å². The summed E-state index contributed by atoms with van der Waals surface area (Å²) in [5.41, 5.74) is 1.07. The number of hydrogen-bond donors (Lipinski definition) is 3. The topological polar surface area (TPSA) is 102 Å².